The van der Waals surface area contributed by atoms with E-state index in [1.54, 1.807) is 0 Å². The van der Waals surface area contributed by atoms with Crippen molar-refractivity contribution in [2.45, 2.75) is 57.0 Å². The minimum atomic E-state index is 0. The first-order valence-corrected chi connectivity index (χ1v) is 6.86. The van der Waals surface area contributed by atoms with E-state index in [0.717, 1.165) is 24.8 Å². The smallest absolute Gasteiger partial charge is 0.237 e. The van der Waals surface area contributed by atoms with Crippen molar-refractivity contribution in [3.8, 4) is 0 Å². The van der Waals surface area contributed by atoms with E-state index in [9.17, 15) is 4.79 Å². The lowest BCUT2D eigenvalue weighted by molar-refractivity contribution is -0.124. The van der Waals surface area contributed by atoms with Crippen LogP contribution in [0.25, 0.3) is 0 Å². The molecule has 3 fully saturated rings. The minimum absolute atomic E-state index is 0. The SMILES string of the molecule is Cl.O=C(NC1CC2CCC1C2)[C@H]1CCCCN1. The number of rotatable bonds is 2. The highest BCUT2D eigenvalue weighted by Gasteiger charge is 2.40. The number of amides is 1. The van der Waals surface area contributed by atoms with Crippen LogP contribution in [0.3, 0.4) is 0 Å². The number of piperidine rings is 1. The second kappa shape index (κ2) is 5.57. The first-order chi connectivity index (χ1) is 7.83. The molecule has 3 unspecified atom stereocenters. The third kappa shape index (κ3) is 2.76. The third-order valence-electron chi connectivity index (χ3n) is 4.69. The van der Waals surface area contributed by atoms with Crippen molar-refractivity contribution in [1.29, 1.82) is 0 Å². The molecule has 0 aromatic rings. The molecule has 2 bridgehead atoms. The van der Waals surface area contributed by atoms with Crippen LogP contribution < -0.4 is 10.6 Å². The Morgan fingerprint density at radius 1 is 1.12 bits per heavy atom. The highest BCUT2D eigenvalue weighted by atomic mass is 35.5. The number of halogens is 1. The molecule has 0 spiro atoms. The van der Waals surface area contributed by atoms with E-state index in [4.69, 9.17) is 0 Å². The van der Waals surface area contributed by atoms with Crippen LogP contribution in [0.2, 0.25) is 0 Å². The predicted molar refractivity (Wildman–Crippen MR) is 70.3 cm³/mol. The Balaban J connectivity index is 0.00000108. The molecular weight excluding hydrogens is 236 g/mol. The van der Waals surface area contributed by atoms with Gasteiger partial charge in [0, 0.05) is 6.04 Å². The maximum atomic E-state index is 12.1. The molecule has 1 heterocycles. The molecule has 1 amide bonds. The third-order valence-corrected chi connectivity index (χ3v) is 4.69. The fourth-order valence-electron chi connectivity index (χ4n) is 3.78. The quantitative estimate of drug-likeness (QED) is 0.794. The monoisotopic (exact) mass is 258 g/mol. The molecule has 2 aliphatic carbocycles. The van der Waals surface area contributed by atoms with E-state index in [1.165, 1.54) is 38.5 Å². The van der Waals surface area contributed by atoms with Crippen LogP contribution in [0.15, 0.2) is 0 Å². The zero-order valence-corrected chi connectivity index (χ0v) is 11.1. The second-order valence-electron chi connectivity index (χ2n) is 5.79. The summed E-state index contributed by atoms with van der Waals surface area (Å²) in [5, 5.41) is 6.60. The average Bonchev–Trinajstić information content (AvgIpc) is 2.92. The number of hydrogen-bond acceptors (Lipinski definition) is 2. The molecule has 0 aromatic carbocycles. The van der Waals surface area contributed by atoms with Gasteiger partial charge < -0.3 is 10.6 Å². The lowest BCUT2D eigenvalue weighted by Gasteiger charge is -2.28. The van der Waals surface area contributed by atoms with Crippen molar-refractivity contribution in [3.63, 3.8) is 0 Å². The Labute approximate surface area is 110 Å². The van der Waals surface area contributed by atoms with E-state index in [-0.39, 0.29) is 24.4 Å². The second-order valence-corrected chi connectivity index (χ2v) is 5.79. The van der Waals surface area contributed by atoms with Gasteiger partial charge in [-0.1, -0.05) is 12.8 Å². The Morgan fingerprint density at radius 2 is 2.00 bits per heavy atom. The summed E-state index contributed by atoms with van der Waals surface area (Å²) in [6.07, 6.45) is 8.78. The number of nitrogens with one attached hydrogen (secondary N) is 2. The molecule has 2 N–H and O–H groups in total. The van der Waals surface area contributed by atoms with Crippen LogP contribution in [0.1, 0.15) is 44.9 Å². The van der Waals surface area contributed by atoms with Gasteiger partial charge in [-0.15, -0.1) is 12.4 Å². The van der Waals surface area contributed by atoms with Crippen LogP contribution in [-0.4, -0.2) is 24.5 Å². The van der Waals surface area contributed by atoms with Crippen molar-refractivity contribution >= 4 is 18.3 Å². The maximum absolute atomic E-state index is 12.1. The standard InChI is InChI=1S/C13H22N2O.ClH/c16-13(11-3-1-2-6-14-11)15-12-8-9-4-5-10(12)7-9;/h9-12,14H,1-8H2,(H,15,16);1H/t9?,10?,11-,12?;/m1./s1. The molecule has 3 aliphatic rings. The first-order valence-electron chi connectivity index (χ1n) is 6.86. The lowest BCUT2D eigenvalue weighted by Crippen LogP contribution is -2.50. The van der Waals surface area contributed by atoms with Crippen molar-refractivity contribution in [3.05, 3.63) is 0 Å². The molecule has 4 atom stereocenters. The molecule has 4 heteroatoms. The van der Waals surface area contributed by atoms with Gasteiger partial charge in [-0.3, -0.25) is 4.79 Å². The largest absolute Gasteiger partial charge is 0.352 e. The summed E-state index contributed by atoms with van der Waals surface area (Å²) in [7, 11) is 0. The summed E-state index contributed by atoms with van der Waals surface area (Å²) in [5.74, 6) is 1.96. The van der Waals surface area contributed by atoms with E-state index in [2.05, 4.69) is 10.6 Å². The highest BCUT2D eigenvalue weighted by molar-refractivity contribution is 5.85. The average molecular weight is 259 g/mol. The van der Waals surface area contributed by atoms with Crippen molar-refractivity contribution < 1.29 is 4.79 Å². The molecule has 3 nitrogen and oxygen atoms in total. The Hall–Kier alpha value is -0.280. The van der Waals surface area contributed by atoms with Gasteiger partial charge in [0.25, 0.3) is 0 Å². The van der Waals surface area contributed by atoms with Crippen LogP contribution in [0.4, 0.5) is 0 Å². The summed E-state index contributed by atoms with van der Waals surface area (Å²) >= 11 is 0. The zero-order valence-electron chi connectivity index (χ0n) is 10.3. The van der Waals surface area contributed by atoms with Gasteiger partial charge in [-0.25, -0.2) is 0 Å². The van der Waals surface area contributed by atoms with E-state index in [0.29, 0.717) is 6.04 Å². The Kier molecular flexibility index (Phi) is 4.31. The van der Waals surface area contributed by atoms with Gasteiger partial charge in [0.15, 0.2) is 0 Å². The van der Waals surface area contributed by atoms with Gasteiger partial charge in [0.2, 0.25) is 5.91 Å². The molecule has 1 saturated heterocycles. The normalized spacial score (nSPS) is 39.8. The lowest BCUT2D eigenvalue weighted by atomic mass is 9.94. The molecule has 3 rings (SSSR count). The van der Waals surface area contributed by atoms with Crippen LogP contribution in [-0.2, 0) is 4.79 Å². The molecule has 0 radical (unpaired) electrons. The first kappa shape index (κ1) is 13.2. The van der Waals surface area contributed by atoms with Crippen LogP contribution in [0.5, 0.6) is 0 Å². The van der Waals surface area contributed by atoms with Gasteiger partial charge in [-0.2, -0.15) is 0 Å². The summed E-state index contributed by atoms with van der Waals surface area (Å²) in [6, 6.07) is 0.586. The molecule has 0 aromatic heterocycles. The summed E-state index contributed by atoms with van der Waals surface area (Å²) in [4.78, 5) is 12.1. The number of fused-ring (bicyclic) bond motifs is 2. The molecule has 98 valence electrons. The van der Waals surface area contributed by atoms with Crippen molar-refractivity contribution in [2.75, 3.05) is 6.54 Å². The maximum Gasteiger partial charge on any atom is 0.237 e. The van der Waals surface area contributed by atoms with Crippen LogP contribution >= 0.6 is 12.4 Å². The topological polar surface area (TPSA) is 41.1 Å². The number of carbonyl (C=O) groups is 1. The Morgan fingerprint density at radius 3 is 2.59 bits per heavy atom. The van der Waals surface area contributed by atoms with Gasteiger partial charge in [0.05, 0.1) is 6.04 Å². The number of carbonyl (C=O) groups excluding carboxylic acids is 1. The Bertz CT molecular complexity index is 279. The fraction of sp³-hybridized carbons (Fsp3) is 0.923. The highest BCUT2D eigenvalue weighted by Crippen LogP contribution is 2.44. The van der Waals surface area contributed by atoms with Gasteiger partial charge >= 0.3 is 0 Å². The minimum Gasteiger partial charge on any atom is -0.352 e. The van der Waals surface area contributed by atoms with Crippen molar-refractivity contribution in [2.24, 2.45) is 11.8 Å². The van der Waals surface area contributed by atoms with Crippen LogP contribution in [0, 0.1) is 11.8 Å². The number of hydrogen-bond donors (Lipinski definition) is 2. The van der Waals surface area contributed by atoms with E-state index < -0.39 is 0 Å². The predicted octanol–water partition coefficient (Wildman–Crippen LogP) is 1.86. The summed E-state index contributed by atoms with van der Waals surface area (Å²) in [5.41, 5.74) is 0. The van der Waals surface area contributed by atoms with Gasteiger partial charge in [0.1, 0.15) is 0 Å². The van der Waals surface area contributed by atoms with Gasteiger partial charge in [-0.05, 0) is 50.5 Å². The summed E-state index contributed by atoms with van der Waals surface area (Å²) < 4.78 is 0. The van der Waals surface area contributed by atoms with Crippen molar-refractivity contribution in [1.82, 2.24) is 10.6 Å². The van der Waals surface area contributed by atoms with E-state index >= 15 is 0 Å². The summed E-state index contributed by atoms with van der Waals surface area (Å²) in [6.45, 7) is 1.01. The molecule has 2 saturated carbocycles. The fourth-order valence-corrected chi connectivity index (χ4v) is 3.78. The van der Waals surface area contributed by atoms with E-state index in [1.807, 2.05) is 0 Å². The molecule has 17 heavy (non-hydrogen) atoms. The molecular formula is C13H23ClN2O. The molecule has 1 aliphatic heterocycles. The zero-order chi connectivity index (χ0) is 11.0.